The molecule has 202 valence electrons. The van der Waals surface area contributed by atoms with Crippen LogP contribution in [0, 0.1) is 0 Å². The Morgan fingerprint density at radius 2 is 0.737 bits per heavy atom. The highest BCUT2D eigenvalue weighted by Gasteiger charge is 2.30. The number of phenols is 2. The van der Waals surface area contributed by atoms with Crippen LogP contribution in [0.1, 0.15) is 105 Å². The van der Waals surface area contributed by atoms with Crippen molar-refractivity contribution < 1.29 is 10.2 Å². The van der Waals surface area contributed by atoms with Crippen molar-refractivity contribution in [3.63, 3.8) is 0 Å². The van der Waals surface area contributed by atoms with Crippen LogP contribution in [0.15, 0.2) is 48.5 Å². The average molecular weight is 511 g/mol. The maximum Gasteiger partial charge on any atom is 0.127 e. The summed E-state index contributed by atoms with van der Waals surface area (Å²) in [5, 5.41) is 28.1. The number of aromatic hydroxyl groups is 2. The van der Waals surface area contributed by atoms with Gasteiger partial charge in [-0.25, -0.2) is 0 Å². The topological polar surface area (TPSA) is 40.5 Å². The van der Waals surface area contributed by atoms with Crippen molar-refractivity contribution >= 4 is 21.5 Å². The minimum Gasteiger partial charge on any atom is -0.507 e. The van der Waals surface area contributed by atoms with E-state index in [1.54, 1.807) is 0 Å². The Morgan fingerprint density at radius 3 is 1.00 bits per heavy atom. The number of hydrogen-bond donors (Lipinski definition) is 2. The highest BCUT2D eigenvalue weighted by Crippen LogP contribution is 2.50. The van der Waals surface area contributed by atoms with Crippen molar-refractivity contribution in [3.8, 4) is 22.6 Å². The fourth-order valence-corrected chi connectivity index (χ4v) is 5.63. The van der Waals surface area contributed by atoms with Crippen molar-refractivity contribution in [3.05, 3.63) is 70.8 Å². The zero-order valence-electron chi connectivity index (χ0n) is 25.5. The van der Waals surface area contributed by atoms with Crippen molar-refractivity contribution in [2.75, 3.05) is 0 Å². The summed E-state index contributed by atoms with van der Waals surface area (Å²) >= 11 is 0. The summed E-state index contributed by atoms with van der Waals surface area (Å²) < 4.78 is 0. The first-order chi connectivity index (χ1) is 17.2. The first-order valence-electron chi connectivity index (χ1n) is 13.8. The third kappa shape index (κ3) is 4.91. The van der Waals surface area contributed by atoms with Crippen LogP contribution in [0.4, 0.5) is 0 Å². The van der Waals surface area contributed by atoms with Gasteiger partial charge in [-0.15, -0.1) is 0 Å². The minimum absolute atomic E-state index is 0.00175. The van der Waals surface area contributed by atoms with Gasteiger partial charge < -0.3 is 10.2 Å². The second kappa shape index (κ2) is 8.76. The van der Waals surface area contributed by atoms with E-state index in [4.69, 9.17) is 0 Å². The molecule has 0 radical (unpaired) electrons. The number of hydrogen-bond acceptors (Lipinski definition) is 2. The Hall–Kier alpha value is -3.00. The molecule has 0 unspecified atom stereocenters. The molecular formula is C36H46O2. The summed E-state index contributed by atoms with van der Waals surface area (Å²) in [6, 6.07) is 17.2. The van der Waals surface area contributed by atoms with Gasteiger partial charge in [-0.2, -0.15) is 0 Å². The second-order valence-corrected chi connectivity index (χ2v) is 15.2. The van der Waals surface area contributed by atoms with E-state index >= 15 is 0 Å². The molecule has 0 atom stereocenters. The van der Waals surface area contributed by atoms with Crippen LogP contribution in [0.2, 0.25) is 0 Å². The van der Waals surface area contributed by atoms with Gasteiger partial charge in [0.2, 0.25) is 0 Å². The monoisotopic (exact) mass is 510 g/mol. The first kappa shape index (κ1) is 28.0. The Kier molecular flexibility index (Phi) is 6.46. The first-order valence-corrected chi connectivity index (χ1v) is 13.8. The molecule has 0 aliphatic carbocycles. The van der Waals surface area contributed by atoms with Crippen LogP contribution < -0.4 is 0 Å². The van der Waals surface area contributed by atoms with Crippen LogP contribution in [0.3, 0.4) is 0 Å². The Balaban J connectivity index is 2.13. The molecule has 0 aliphatic heterocycles. The normalized spacial score (nSPS) is 13.5. The zero-order valence-corrected chi connectivity index (χ0v) is 25.5. The van der Waals surface area contributed by atoms with E-state index in [0.717, 1.165) is 32.7 Å². The van der Waals surface area contributed by atoms with E-state index in [0.29, 0.717) is 11.1 Å². The molecule has 0 aromatic heterocycles. The molecule has 4 aromatic carbocycles. The third-order valence-electron chi connectivity index (χ3n) is 7.75. The van der Waals surface area contributed by atoms with E-state index in [-0.39, 0.29) is 33.2 Å². The van der Waals surface area contributed by atoms with Crippen molar-refractivity contribution in [2.24, 2.45) is 0 Å². The molecule has 38 heavy (non-hydrogen) atoms. The van der Waals surface area contributed by atoms with E-state index < -0.39 is 0 Å². The third-order valence-corrected chi connectivity index (χ3v) is 7.75. The molecule has 2 heteroatoms. The molecular weight excluding hydrogens is 464 g/mol. The quantitative estimate of drug-likeness (QED) is 0.267. The molecule has 0 amide bonds. The summed E-state index contributed by atoms with van der Waals surface area (Å²) in [6.07, 6.45) is 0. The summed E-state index contributed by atoms with van der Waals surface area (Å²) in [6.45, 7) is 26.1. The van der Waals surface area contributed by atoms with Crippen molar-refractivity contribution in [1.82, 2.24) is 0 Å². The minimum atomic E-state index is -0.296. The molecule has 0 saturated carbocycles. The van der Waals surface area contributed by atoms with Crippen LogP contribution >= 0.6 is 0 Å². The van der Waals surface area contributed by atoms with Gasteiger partial charge in [-0.3, -0.25) is 0 Å². The van der Waals surface area contributed by atoms with Crippen LogP contribution in [-0.2, 0) is 21.7 Å². The lowest BCUT2D eigenvalue weighted by Gasteiger charge is -2.29. The Bertz CT molecular complexity index is 1420. The Labute approximate surface area is 229 Å². The SMILES string of the molecule is CC(C)(C)c1ccc2cc(-c3cc4ccc(C(C)(C)C)cc4c(C(C)(C)C)c3O)c(O)c(C(C)(C)C)c2c1. The van der Waals surface area contributed by atoms with Crippen molar-refractivity contribution in [1.29, 1.82) is 0 Å². The fraction of sp³-hybridized carbons (Fsp3) is 0.444. The Morgan fingerprint density at radius 1 is 0.421 bits per heavy atom. The molecule has 0 aliphatic rings. The molecule has 2 nitrogen and oxygen atoms in total. The molecule has 4 rings (SSSR count). The largest absolute Gasteiger partial charge is 0.507 e. The maximum atomic E-state index is 11.9. The van der Waals surface area contributed by atoms with Crippen LogP contribution in [0.5, 0.6) is 11.5 Å². The standard InChI is InChI=1S/C36H46O2/c1-33(2,3)23-15-13-21-17-27(31(37)29(25(21)19-23)35(7,8)9)28-18-22-14-16-24(34(4,5)6)20-26(22)30(32(28)38)36(10,11)12/h13-20,37-38H,1-12H3. The number of fused-ring (bicyclic) bond motifs is 2. The van der Waals surface area contributed by atoms with Crippen LogP contribution in [-0.4, -0.2) is 10.2 Å². The lowest BCUT2D eigenvalue weighted by molar-refractivity contribution is 0.443. The molecule has 0 bridgehead atoms. The number of benzene rings is 4. The maximum absolute atomic E-state index is 11.9. The number of rotatable bonds is 1. The van der Waals surface area contributed by atoms with Gasteiger partial charge in [0.25, 0.3) is 0 Å². The van der Waals surface area contributed by atoms with Crippen molar-refractivity contribution in [2.45, 2.75) is 105 Å². The summed E-state index contributed by atoms with van der Waals surface area (Å²) in [5.74, 6) is 0.494. The van der Waals surface area contributed by atoms with E-state index in [9.17, 15) is 10.2 Å². The summed E-state index contributed by atoms with van der Waals surface area (Å²) in [7, 11) is 0. The van der Waals surface area contributed by atoms with Crippen LogP contribution in [0.25, 0.3) is 32.7 Å². The predicted molar refractivity (Wildman–Crippen MR) is 165 cm³/mol. The highest BCUT2D eigenvalue weighted by molar-refractivity contribution is 6.00. The van der Waals surface area contributed by atoms with Gasteiger partial charge in [0.1, 0.15) is 11.5 Å². The molecule has 0 spiro atoms. The smallest absolute Gasteiger partial charge is 0.127 e. The van der Waals surface area contributed by atoms with Gasteiger partial charge in [0.15, 0.2) is 0 Å². The van der Waals surface area contributed by atoms with E-state index in [2.05, 4.69) is 119 Å². The molecule has 2 N–H and O–H groups in total. The van der Waals surface area contributed by atoms with E-state index in [1.165, 1.54) is 11.1 Å². The lowest BCUT2D eigenvalue weighted by atomic mass is 9.76. The second-order valence-electron chi connectivity index (χ2n) is 15.2. The van der Waals surface area contributed by atoms with Gasteiger partial charge in [0, 0.05) is 22.3 Å². The van der Waals surface area contributed by atoms with Gasteiger partial charge in [-0.1, -0.05) is 119 Å². The molecule has 4 aromatic rings. The lowest BCUT2D eigenvalue weighted by Crippen LogP contribution is -2.15. The average Bonchev–Trinajstić information content (AvgIpc) is 2.74. The van der Waals surface area contributed by atoms with E-state index in [1.807, 2.05) is 12.1 Å². The highest BCUT2D eigenvalue weighted by atomic mass is 16.3. The summed E-state index contributed by atoms with van der Waals surface area (Å²) in [4.78, 5) is 0. The van der Waals surface area contributed by atoms with Gasteiger partial charge in [-0.05, 0) is 66.5 Å². The predicted octanol–water partition coefficient (Wildman–Crippen LogP) is 10.3. The molecule has 0 fully saturated rings. The fourth-order valence-electron chi connectivity index (χ4n) is 5.63. The summed E-state index contributed by atoms with van der Waals surface area (Å²) in [5.41, 5.74) is 5.06. The molecule has 0 heterocycles. The van der Waals surface area contributed by atoms with Gasteiger partial charge >= 0.3 is 0 Å². The zero-order chi connectivity index (χ0) is 28.6. The van der Waals surface area contributed by atoms with Gasteiger partial charge in [0.05, 0.1) is 0 Å². The number of phenolic OH excluding ortho intramolecular Hbond substituents is 2. The molecule has 0 saturated heterocycles.